The fraction of sp³-hybridized carbons (Fsp3) is 0. The van der Waals surface area contributed by atoms with E-state index in [4.69, 9.17) is 4.55 Å². The lowest BCUT2D eigenvalue weighted by molar-refractivity contribution is 0.564. The molecule has 5 nitrogen and oxygen atoms in total. The molecule has 1 heterocycles. The molecule has 0 spiro atoms. The predicted molar refractivity (Wildman–Crippen MR) is 48.0 cm³/mol. The lowest BCUT2D eigenvalue weighted by Crippen LogP contribution is -1.99. The first-order valence-corrected chi connectivity index (χ1v) is 4.60. The first kappa shape index (κ1) is 8.21. The van der Waals surface area contributed by atoms with Crippen LogP contribution in [0.3, 0.4) is 0 Å². The van der Waals surface area contributed by atoms with E-state index in [2.05, 4.69) is 9.97 Å². The van der Waals surface area contributed by atoms with Gasteiger partial charge in [-0.25, -0.2) is 9.00 Å². The van der Waals surface area contributed by atoms with Crippen LogP contribution in [0.25, 0.3) is 11.0 Å². The van der Waals surface area contributed by atoms with Crippen LogP contribution in [0.4, 0.5) is 0 Å². The number of imidazole rings is 1. The van der Waals surface area contributed by atoms with Crippen molar-refractivity contribution in [2.75, 3.05) is 0 Å². The van der Waals surface area contributed by atoms with Crippen molar-refractivity contribution < 1.29 is 8.76 Å². The summed E-state index contributed by atoms with van der Waals surface area (Å²) in [4.78, 5) is 16.1. The maximum absolute atomic E-state index is 10.8. The molecule has 1 aromatic heterocycles. The average molecular weight is 198 g/mol. The summed E-state index contributed by atoms with van der Waals surface area (Å²) in [5, 5.41) is 0. The fourth-order valence-electron chi connectivity index (χ4n) is 1.12. The Morgan fingerprint density at radius 2 is 1.92 bits per heavy atom. The Hall–Kier alpha value is -1.40. The second-order valence-corrected chi connectivity index (χ2v) is 3.51. The van der Waals surface area contributed by atoms with Crippen molar-refractivity contribution in [2.24, 2.45) is 0 Å². The van der Waals surface area contributed by atoms with Gasteiger partial charge in [0.15, 0.2) is 11.1 Å². The molecule has 0 aliphatic carbocycles. The van der Waals surface area contributed by atoms with Crippen LogP contribution in [-0.2, 0) is 11.1 Å². The van der Waals surface area contributed by atoms with Crippen LogP contribution in [0, 0.1) is 0 Å². The maximum atomic E-state index is 10.8. The second-order valence-electron chi connectivity index (χ2n) is 2.54. The minimum absolute atomic E-state index is 0.266. The van der Waals surface area contributed by atoms with Gasteiger partial charge in [-0.05, 0) is 18.2 Å². The molecule has 0 fully saturated rings. The van der Waals surface area contributed by atoms with Crippen molar-refractivity contribution in [3.8, 4) is 0 Å². The van der Waals surface area contributed by atoms with Crippen molar-refractivity contribution in [1.29, 1.82) is 0 Å². The van der Waals surface area contributed by atoms with Gasteiger partial charge in [0.25, 0.3) is 0 Å². The summed E-state index contributed by atoms with van der Waals surface area (Å²) in [6.45, 7) is 0. The number of H-pyrrole nitrogens is 2. The van der Waals surface area contributed by atoms with Gasteiger partial charge in [0.1, 0.15) is 0 Å². The van der Waals surface area contributed by atoms with Crippen LogP contribution in [0.2, 0.25) is 0 Å². The number of aromatic amines is 2. The lowest BCUT2D eigenvalue weighted by atomic mass is 10.3. The van der Waals surface area contributed by atoms with E-state index in [1.807, 2.05) is 0 Å². The summed E-state index contributed by atoms with van der Waals surface area (Å²) in [5.74, 6) is 0. The van der Waals surface area contributed by atoms with Gasteiger partial charge >= 0.3 is 5.69 Å². The highest BCUT2D eigenvalue weighted by molar-refractivity contribution is 7.79. The van der Waals surface area contributed by atoms with E-state index in [0.717, 1.165) is 0 Å². The molecular formula is C7H6N2O3S. The van der Waals surface area contributed by atoms with E-state index in [0.29, 0.717) is 11.0 Å². The van der Waals surface area contributed by atoms with E-state index >= 15 is 0 Å². The van der Waals surface area contributed by atoms with Crippen LogP contribution >= 0.6 is 0 Å². The van der Waals surface area contributed by atoms with Gasteiger partial charge in [-0.3, -0.25) is 0 Å². The first-order chi connectivity index (χ1) is 6.16. The van der Waals surface area contributed by atoms with E-state index in [1.165, 1.54) is 12.1 Å². The van der Waals surface area contributed by atoms with Gasteiger partial charge < -0.3 is 14.5 Å². The van der Waals surface area contributed by atoms with Crippen molar-refractivity contribution in [3.63, 3.8) is 0 Å². The third-order valence-electron chi connectivity index (χ3n) is 1.69. The minimum atomic E-state index is -2.01. The average Bonchev–Trinajstić information content (AvgIpc) is 2.42. The van der Waals surface area contributed by atoms with Gasteiger partial charge in [0.05, 0.1) is 15.9 Å². The van der Waals surface area contributed by atoms with E-state index in [9.17, 15) is 9.00 Å². The summed E-state index contributed by atoms with van der Waals surface area (Å²) < 4.78 is 19.4. The lowest BCUT2D eigenvalue weighted by Gasteiger charge is -1.93. The number of nitrogens with one attached hydrogen (secondary N) is 2. The molecule has 6 heteroatoms. The number of rotatable bonds is 1. The molecule has 1 atom stereocenters. The molecule has 0 aliphatic heterocycles. The van der Waals surface area contributed by atoms with Gasteiger partial charge in [-0.15, -0.1) is 0 Å². The zero-order chi connectivity index (χ0) is 9.42. The van der Waals surface area contributed by atoms with Crippen LogP contribution in [0.15, 0.2) is 27.9 Å². The van der Waals surface area contributed by atoms with E-state index in [1.54, 1.807) is 6.07 Å². The third kappa shape index (κ3) is 1.41. The number of aromatic nitrogens is 2. The minimum Gasteiger partial charge on any atom is -0.306 e. The zero-order valence-corrected chi connectivity index (χ0v) is 7.22. The standard InChI is InChI=1S/C7H6N2O3S/c10-7-8-5-2-1-4(13(11)12)3-6(5)9-7/h1-3H,(H,11,12)(H2,8,9,10). The van der Waals surface area contributed by atoms with Crippen molar-refractivity contribution >= 4 is 22.1 Å². The molecule has 0 aliphatic rings. The monoisotopic (exact) mass is 198 g/mol. The molecule has 2 rings (SSSR count). The summed E-state index contributed by atoms with van der Waals surface area (Å²) >= 11 is -2.01. The topological polar surface area (TPSA) is 85.9 Å². The molecule has 3 N–H and O–H groups in total. The number of hydrogen-bond acceptors (Lipinski definition) is 2. The molecule has 2 aromatic rings. The fourth-order valence-corrected chi connectivity index (χ4v) is 1.52. The molecule has 1 unspecified atom stereocenters. The van der Waals surface area contributed by atoms with Gasteiger partial charge in [0, 0.05) is 0 Å². The number of benzene rings is 1. The molecule has 1 aromatic carbocycles. The molecule has 68 valence electrons. The molecule has 0 radical (unpaired) electrons. The van der Waals surface area contributed by atoms with Crippen LogP contribution < -0.4 is 5.69 Å². The smallest absolute Gasteiger partial charge is 0.306 e. The quantitative estimate of drug-likeness (QED) is 0.581. The Balaban J connectivity index is 2.74. The zero-order valence-electron chi connectivity index (χ0n) is 6.40. The molecule has 0 saturated carbocycles. The van der Waals surface area contributed by atoms with E-state index in [-0.39, 0.29) is 10.6 Å². The van der Waals surface area contributed by atoms with Gasteiger partial charge in [-0.1, -0.05) is 0 Å². The van der Waals surface area contributed by atoms with Gasteiger partial charge in [-0.2, -0.15) is 0 Å². The van der Waals surface area contributed by atoms with Crippen molar-refractivity contribution in [3.05, 3.63) is 28.7 Å². The maximum Gasteiger partial charge on any atom is 0.323 e. The molecule has 0 amide bonds. The molecule has 0 bridgehead atoms. The number of fused-ring (bicyclic) bond motifs is 1. The Bertz CT molecular complexity index is 528. The van der Waals surface area contributed by atoms with Crippen molar-refractivity contribution in [1.82, 2.24) is 9.97 Å². The summed E-state index contributed by atoms with van der Waals surface area (Å²) in [5.41, 5.74) is 0.833. The molecular weight excluding hydrogens is 192 g/mol. The highest BCUT2D eigenvalue weighted by Crippen LogP contribution is 2.11. The van der Waals surface area contributed by atoms with Crippen LogP contribution in [-0.4, -0.2) is 18.7 Å². The van der Waals surface area contributed by atoms with Crippen molar-refractivity contribution in [2.45, 2.75) is 4.90 Å². The first-order valence-electron chi connectivity index (χ1n) is 3.50. The number of hydrogen-bond donors (Lipinski definition) is 3. The van der Waals surface area contributed by atoms with Crippen LogP contribution in [0.1, 0.15) is 0 Å². The molecule has 13 heavy (non-hydrogen) atoms. The highest BCUT2D eigenvalue weighted by atomic mass is 32.2. The van der Waals surface area contributed by atoms with E-state index < -0.39 is 11.1 Å². The summed E-state index contributed by atoms with van der Waals surface area (Å²) in [6.07, 6.45) is 0. The van der Waals surface area contributed by atoms with Gasteiger partial charge in [0.2, 0.25) is 0 Å². The van der Waals surface area contributed by atoms with Crippen LogP contribution in [0.5, 0.6) is 0 Å². The third-order valence-corrected chi connectivity index (χ3v) is 2.35. The Morgan fingerprint density at radius 3 is 2.62 bits per heavy atom. The Kier molecular flexibility index (Phi) is 1.78. The SMILES string of the molecule is O=c1[nH]c2ccc(S(=O)O)cc2[nH]1. The summed E-state index contributed by atoms with van der Waals surface area (Å²) in [7, 11) is 0. The normalized spacial score (nSPS) is 13.3. The summed E-state index contributed by atoms with van der Waals surface area (Å²) in [6, 6.07) is 4.53. The molecule has 0 saturated heterocycles. The largest absolute Gasteiger partial charge is 0.323 e. The Labute approximate surface area is 75.1 Å². The predicted octanol–water partition coefficient (Wildman–Crippen LogP) is 0.437. The highest BCUT2D eigenvalue weighted by Gasteiger charge is 2.02. The Morgan fingerprint density at radius 1 is 1.23 bits per heavy atom. The second kappa shape index (κ2) is 2.82.